The third kappa shape index (κ3) is 5.18. The molecule has 12 heteroatoms. The third-order valence-electron chi connectivity index (χ3n) is 5.63. The van der Waals surface area contributed by atoms with Gasteiger partial charge in [-0.1, -0.05) is 12.1 Å². The second-order valence-corrected chi connectivity index (χ2v) is 10.3. The Kier molecular flexibility index (Phi) is 6.96. The highest BCUT2D eigenvalue weighted by Crippen LogP contribution is 2.28. The topological polar surface area (TPSA) is 134 Å². The van der Waals surface area contributed by atoms with Gasteiger partial charge in [0, 0.05) is 37.9 Å². The Morgan fingerprint density at radius 3 is 2.70 bits per heavy atom. The lowest BCUT2D eigenvalue weighted by Gasteiger charge is -2.31. The minimum Gasteiger partial charge on any atom is -0.350 e. The number of benzene rings is 1. The van der Waals surface area contributed by atoms with E-state index in [0.717, 1.165) is 17.3 Å². The summed E-state index contributed by atoms with van der Waals surface area (Å²) < 4.78 is 35.9. The van der Waals surface area contributed by atoms with E-state index in [-0.39, 0.29) is 35.7 Å². The summed E-state index contributed by atoms with van der Waals surface area (Å²) in [6.45, 7) is 2.38. The molecular weight excluding hydrogens is 464 g/mol. The number of carbonyl (C=O) groups excluding carboxylic acids is 2. The molecule has 0 spiro atoms. The molecule has 3 heterocycles. The molecule has 10 nitrogen and oxygen atoms in total. The van der Waals surface area contributed by atoms with Gasteiger partial charge in [0.15, 0.2) is 0 Å². The Labute approximate surface area is 195 Å². The molecule has 0 saturated carbocycles. The Morgan fingerprint density at radius 1 is 1.18 bits per heavy atom. The molecule has 0 aliphatic carbocycles. The number of nitrogens with one attached hydrogen (secondary N) is 2. The van der Waals surface area contributed by atoms with Gasteiger partial charge < -0.3 is 10.6 Å². The van der Waals surface area contributed by atoms with Gasteiger partial charge in [-0.2, -0.15) is 13.1 Å². The van der Waals surface area contributed by atoms with Crippen molar-refractivity contribution in [2.45, 2.75) is 37.2 Å². The van der Waals surface area contributed by atoms with Crippen molar-refractivity contribution in [3.8, 4) is 0 Å². The van der Waals surface area contributed by atoms with Crippen LogP contribution in [0.5, 0.6) is 0 Å². The molecule has 2 N–H and O–H groups in total. The van der Waals surface area contributed by atoms with E-state index in [9.17, 15) is 18.0 Å². The molecule has 33 heavy (non-hydrogen) atoms. The molecule has 0 unspecified atom stereocenters. The van der Waals surface area contributed by atoms with E-state index in [1.54, 1.807) is 37.5 Å². The number of piperidine rings is 1. The first-order valence-electron chi connectivity index (χ1n) is 10.5. The van der Waals surface area contributed by atoms with Crippen molar-refractivity contribution in [3.05, 3.63) is 48.3 Å². The van der Waals surface area contributed by atoms with Crippen LogP contribution in [0.4, 0.5) is 0 Å². The molecule has 4 rings (SSSR count). The van der Waals surface area contributed by atoms with Gasteiger partial charge in [-0.3, -0.25) is 14.6 Å². The lowest BCUT2D eigenvalue weighted by atomic mass is 9.97. The molecule has 1 atom stereocenters. The van der Waals surface area contributed by atoms with E-state index in [2.05, 4.69) is 24.4 Å². The van der Waals surface area contributed by atoms with Crippen molar-refractivity contribution in [2.75, 3.05) is 13.1 Å². The zero-order valence-corrected chi connectivity index (χ0v) is 19.6. The number of sulfonamides is 1. The van der Waals surface area contributed by atoms with Crippen molar-refractivity contribution in [1.29, 1.82) is 0 Å². The maximum atomic E-state index is 13.1. The highest BCUT2D eigenvalue weighted by molar-refractivity contribution is 7.89. The standard InChI is InChI=1S/C21H24N6O4S2/c1-14(20(28)23-13-15-4-3-9-22-12-15)24-21(29)16-7-10-27(11-8-16)33(30,31)18-6-2-5-17-19(18)26-32-25-17/h2-6,9,12,14,16H,7-8,10-11,13H2,1H3,(H,23,28)(H,24,29)/t14-/m1/s1. The van der Waals surface area contributed by atoms with Crippen LogP contribution in [0.2, 0.25) is 0 Å². The van der Waals surface area contributed by atoms with Gasteiger partial charge >= 0.3 is 0 Å². The average Bonchev–Trinajstić information content (AvgIpc) is 3.32. The fraction of sp³-hybridized carbons (Fsp3) is 0.381. The zero-order chi connectivity index (χ0) is 23.4. The zero-order valence-electron chi connectivity index (χ0n) is 18.0. The fourth-order valence-electron chi connectivity index (χ4n) is 3.73. The largest absolute Gasteiger partial charge is 0.350 e. The number of nitrogens with zero attached hydrogens (tertiary/aromatic N) is 4. The summed E-state index contributed by atoms with van der Waals surface area (Å²) in [6, 6.07) is 7.84. The molecule has 1 aromatic carbocycles. The van der Waals surface area contributed by atoms with Crippen molar-refractivity contribution in [2.24, 2.45) is 5.92 Å². The number of hydrogen-bond acceptors (Lipinski definition) is 8. The van der Waals surface area contributed by atoms with E-state index in [4.69, 9.17) is 0 Å². The highest BCUT2D eigenvalue weighted by atomic mass is 32.2. The average molecular weight is 489 g/mol. The Morgan fingerprint density at radius 2 is 1.97 bits per heavy atom. The SMILES string of the molecule is C[C@@H](NC(=O)C1CCN(S(=O)(=O)c2cccc3nsnc23)CC1)C(=O)NCc1cccnc1. The second-order valence-electron chi connectivity index (χ2n) is 7.88. The lowest BCUT2D eigenvalue weighted by molar-refractivity contribution is -0.131. The number of amides is 2. The van der Waals surface area contributed by atoms with Crippen LogP contribution in [0.1, 0.15) is 25.3 Å². The van der Waals surface area contributed by atoms with E-state index < -0.39 is 16.1 Å². The molecule has 1 fully saturated rings. The summed E-state index contributed by atoms with van der Waals surface area (Å²) >= 11 is 0.972. The van der Waals surface area contributed by atoms with Crippen LogP contribution >= 0.6 is 11.7 Å². The number of rotatable bonds is 7. The minimum atomic E-state index is -3.74. The van der Waals surface area contributed by atoms with Crippen LogP contribution in [0.15, 0.2) is 47.6 Å². The first-order chi connectivity index (χ1) is 15.9. The van der Waals surface area contributed by atoms with Crippen LogP contribution in [0.25, 0.3) is 11.0 Å². The Hall–Kier alpha value is -2.96. The molecule has 0 radical (unpaired) electrons. The first kappa shape index (κ1) is 23.2. The van der Waals surface area contributed by atoms with Crippen LogP contribution in [-0.2, 0) is 26.2 Å². The number of hydrogen-bond donors (Lipinski definition) is 2. The number of fused-ring (bicyclic) bond motifs is 1. The minimum absolute atomic E-state index is 0.135. The van der Waals surface area contributed by atoms with E-state index >= 15 is 0 Å². The lowest BCUT2D eigenvalue weighted by Crippen LogP contribution is -2.49. The molecule has 1 aliphatic rings. The monoisotopic (exact) mass is 488 g/mol. The fourth-order valence-corrected chi connectivity index (χ4v) is 5.95. The van der Waals surface area contributed by atoms with Crippen molar-refractivity contribution >= 4 is 44.6 Å². The number of aromatic nitrogens is 3. The molecule has 1 aliphatic heterocycles. The van der Waals surface area contributed by atoms with E-state index in [1.807, 2.05) is 6.07 Å². The summed E-state index contributed by atoms with van der Waals surface area (Å²) in [4.78, 5) is 29.1. The smallest absolute Gasteiger partial charge is 0.245 e. The van der Waals surface area contributed by atoms with Gasteiger partial charge in [-0.25, -0.2) is 8.42 Å². The summed E-state index contributed by atoms with van der Waals surface area (Å²) in [7, 11) is -3.74. The van der Waals surface area contributed by atoms with Crippen molar-refractivity contribution in [3.63, 3.8) is 0 Å². The van der Waals surface area contributed by atoms with Crippen LogP contribution in [-0.4, -0.2) is 57.4 Å². The van der Waals surface area contributed by atoms with Crippen molar-refractivity contribution in [1.82, 2.24) is 28.7 Å². The molecule has 1 saturated heterocycles. The van der Waals surface area contributed by atoms with E-state index in [0.29, 0.717) is 30.4 Å². The van der Waals surface area contributed by atoms with Gasteiger partial charge in [0.05, 0.1) is 11.7 Å². The van der Waals surface area contributed by atoms with Gasteiger partial charge in [-0.15, -0.1) is 0 Å². The maximum absolute atomic E-state index is 13.1. The Bertz CT molecular complexity index is 1240. The van der Waals surface area contributed by atoms with Crippen LogP contribution in [0, 0.1) is 5.92 Å². The summed E-state index contributed by atoms with van der Waals surface area (Å²) in [5, 5.41) is 5.51. The first-order valence-corrected chi connectivity index (χ1v) is 12.7. The molecule has 3 aromatic rings. The summed E-state index contributed by atoms with van der Waals surface area (Å²) in [5.74, 6) is -0.902. The number of carbonyl (C=O) groups is 2. The van der Waals surface area contributed by atoms with Gasteiger partial charge in [-0.05, 0) is 43.5 Å². The van der Waals surface area contributed by atoms with Crippen LogP contribution in [0.3, 0.4) is 0 Å². The molecule has 174 valence electrons. The predicted molar refractivity (Wildman–Crippen MR) is 123 cm³/mol. The molecule has 2 amide bonds. The number of pyridine rings is 1. The van der Waals surface area contributed by atoms with Crippen LogP contribution < -0.4 is 10.6 Å². The maximum Gasteiger partial charge on any atom is 0.245 e. The quantitative estimate of drug-likeness (QED) is 0.512. The molecular formula is C21H24N6O4S2. The second kappa shape index (κ2) is 9.89. The third-order valence-corrected chi connectivity index (χ3v) is 8.11. The predicted octanol–water partition coefficient (Wildman–Crippen LogP) is 1.31. The summed E-state index contributed by atoms with van der Waals surface area (Å²) in [6.07, 6.45) is 4.07. The normalized spacial score (nSPS) is 16.4. The van der Waals surface area contributed by atoms with Crippen molar-refractivity contribution < 1.29 is 18.0 Å². The van der Waals surface area contributed by atoms with Gasteiger partial charge in [0.25, 0.3) is 0 Å². The Balaban J connectivity index is 1.30. The van der Waals surface area contributed by atoms with E-state index in [1.165, 1.54) is 10.4 Å². The molecule has 0 bridgehead atoms. The van der Waals surface area contributed by atoms with Gasteiger partial charge in [0.2, 0.25) is 21.8 Å². The molecule has 2 aromatic heterocycles. The summed E-state index contributed by atoms with van der Waals surface area (Å²) in [5.41, 5.74) is 1.78. The highest BCUT2D eigenvalue weighted by Gasteiger charge is 2.34. The van der Waals surface area contributed by atoms with Gasteiger partial charge in [0.1, 0.15) is 22.0 Å².